The molecule has 0 unspecified atom stereocenters. The Morgan fingerprint density at radius 2 is 1.85 bits per heavy atom. The van der Waals surface area contributed by atoms with E-state index in [2.05, 4.69) is 69.1 Å². The van der Waals surface area contributed by atoms with Gasteiger partial charge in [-0.3, -0.25) is 0 Å². The molecular formula is C31H42BN3O3S. The first-order valence-electron chi connectivity index (χ1n) is 14.2. The predicted molar refractivity (Wildman–Crippen MR) is 162 cm³/mol. The Morgan fingerprint density at radius 1 is 1.15 bits per heavy atom. The molecular weight excluding hydrogens is 505 g/mol. The number of pyridine rings is 1. The molecule has 0 radical (unpaired) electrons. The van der Waals surface area contributed by atoms with Crippen LogP contribution in [0.15, 0.2) is 30.6 Å². The van der Waals surface area contributed by atoms with Crippen LogP contribution >= 0.6 is 11.3 Å². The minimum atomic E-state index is -0.921. The Balaban J connectivity index is 1.60. The first kappa shape index (κ1) is 29.4. The van der Waals surface area contributed by atoms with Gasteiger partial charge in [0.25, 0.3) is 0 Å². The summed E-state index contributed by atoms with van der Waals surface area (Å²) < 4.78 is 6.19. The maximum atomic E-state index is 12.5. The number of aromatic carboxylic acids is 1. The zero-order valence-electron chi connectivity index (χ0n) is 24.1. The van der Waals surface area contributed by atoms with E-state index in [4.69, 9.17) is 4.74 Å². The summed E-state index contributed by atoms with van der Waals surface area (Å²) in [5, 5.41) is 14.6. The molecule has 6 nitrogen and oxygen atoms in total. The van der Waals surface area contributed by atoms with Gasteiger partial charge in [0.15, 0.2) is 0 Å². The normalized spacial score (nSPS) is 23.5. The third-order valence-corrected chi connectivity index (χ3v) is 8.91. The van der Waals surface area contributed by atoms with E-state index >= 15 is 0 Å². The minimum absolute atomic E-state index is 0.158. The molecule has 2 heterocycles. The summed E-state index contributed by atoms with van der Waals surface area (Å²) >= 11 is 1.26. The number of hydrazine groups is 1. The fourth-order valence-corrected chi connectivity index (χ4v) is 6.44. The molecule has 0 amide bonds. The Bertz CT molecular complexity index is 1200. The van der Waals surface area contributed by atoms with E-state index in [0.717, 1.165) is 60.7 Å². The third kappa shape index (κ3) is 7.73. The van der Waals surface area contributed by atoms with Gasteiger partial charge in [-0.25, -0.2) is 0 Å². The van der Waals surface area contributed by atoms with Gasteiger partial charge in [0, 0.05) is 0 Å². The Morgan fingerprint density at radius 3 is 2.44 bits per heavy atom. The number of rotatable bonds is 8. The van der Waals surface area contributed by atoms with Crippen molar-refractivity contribution in [1.29, 1.82) is 0 Å². The van der Waals surface area contributed by atoms with Gasteiger partial charge in [-0.05, 0) is 0 Å². The van der Waals surface area contributed by atoms with E-state index in [1.807, 2.05) is 18.2 Å². The zero-order chi connectivity index (χ0) is 28.2. The molecule has 2 aromatic heterocycles. The second-order valence-corrected chi connectivity index (χ2v) is 13.3. The van der Waals surface area contributed by atoms with Crippen LogP contribution in [0.25, 0.3) is 0 Å². The number of carbonyl (C=O) groups is 1. The van der Waals surface area contributed by atoms with E-state index in [-0.39, 0.29) is 17.6 Å². The van der Waals surface area contributed by atoms with Gasteiger partial charge in [0.2, 0.25) is 0 Å². The quantitative estimate of drug-likeness (QED) is 0.243. The number of nitrogens with zero attached hydrogens (tertiary/aromatic N) is 3. The molecule has 0 aliphatic heterocycles. The fourth-order valence-electron chi connectivity index (χ4n) is 5.61. The maximum absolute atomic E-state index is 12.5. The fraction of sp³-hybridized carbons (Fsp3) is 0.581. The average molecular weight is 548 g/mol. The molecule has 208 valence electrons. The van der Waals surface area contributed by atoms with Crippen LogP contribution in [-0.4, -0.2) is 53.3 Å². The third-order valence-electron chi connectivity index (χ3n) is 7.88. The summed E-state index contributed by atoms with van der Waals surface area (Å²) in [5.74, 6) is 7.45. The van der Waals surface area contributed by atoms with Crippen LogP contribution in [0.4, 0.5) is 5.69 Å². The monoisotopic (exact) mass is 547 g/mol. The van der Waals surface area contributed by atoms with Crippen LogP contribution in [0.1, 0.15) is 93.6 Å². The van der Waals surface area contributed by atoms with Crippen LogP contribution in [0, 0.1) is 29.1 Å². The van der Waals surface area contributed by atoms with Gasteiger partial charge < -0.3 is 0 Å². The molecule has 8 heteroatoms. The molecule has 0 aromatic carbocycles. The molecule has 2 saturated carbocycles. The van der Waals surface area contributed by atoms with Crippen LogP contribution < -0.4 is 9.75 Å². The Hall–Kier alpha value is -2.63. The number of aromatic nitrogens is 1. The van der Waals surface area contributed by atoms with Crippen LogP contribution in [0.3, 0.4) is 0 Å². The molecule has 39 heavy (non-hydrogen) atoms. The molecule has 2 fully saturated rings. The molecule has 2 aromatic rings. The Kier molecular flexibility index (Phi) is 9.56. The van der Waals surface area contributed by atoms with Gasteiger partial charge in [-0.1, -0.05) is 0 Å². The van der Waals surface area contributed by atoms with Crippen LogP contribution in [0.2, 0.25) is 0 Å². The number of carboxylic acid groups (broad SMARTS) is 1. The van der Waals surface area contributed by atoms with E-state index in [0.29, 0.717) is 16.5 Å². The molecule has 0 spiro atoms. The average Bonchev–Trinajstić information content (AvgIpc) is 3.33. The summed E-state index contributed by atoms with van der Waals surface area (Å²) in [7, 11) is 6.68. The number of carboxylic acids is 1. The number of hydrogen-bond acceptors (Lipinski definition) is 6. The second-order valence-electron chi connectivity index (χ2n) is 12.2. The zero-order valence-corrected chi connectivity index (χ0v) is 24.9. The molecule has 1 N–H and O–H groups in total. The first-order valence-corrected chi connectivity index (χ1v) is 15.0. The molecule has 2 aliphatic carbocycles. The summed E-state index contributed by atoms with van der Waals surface area (Å²) in [6.45, 7) is 8.50. The van der Waals surface area contributed by atoms with E-state index in [9.17, 15) is 9.90 Å². The molecule has 0 atom stereocenters. The van der Waals surface area contributed by atoms with E-state index < -0.39 is 5.97 Å². The van der Waals surface area contributed by atoms with Crippen LogP contribution in [0.5, 0.6) is 5.75 Å². The summed E-state index contributed by atoms with van der Waals surface area (Å²) in [6, 6.07) is 6.05. The van der Waals surface area contributed by atoms with Crippen molar-refractivity contribution in [1.82, 2.24) is 9.99 Å². The molecule has 4 rings (SSSR count). The van der Waals surface area contributed by atoms with Gasteiger partial charge in [-0.15, -0.1) is 0 Å². The number of thiophene rings is 1. The van der Waals surface area contributed by atoms with Crippen molar-refractivity contribution in [2.24, 2.45) is 17.3 Å². The number of hydrogen-bond donors (Lipinski definition) is 1. The number of ether oxygens (including phenoxy) is 1. The van der Waals surface area contributed by atoms with Crippen molar-refractivity contribution in [2.75, 3.05) is 12.1 Å². The van der Waals surface area contributed by atoms with Gasteiger partial charge in [0.1, 0.15) is 0 Å². The van der Waals surface area contributed by atoms with Gasteiger partial charge in [0.05, 0.1) is 0 Å². The van der Waals surface area contributed by atoms with Crippen molar-refractivity contribution < 1.29 is 14.6 Å². The summed E-state index contributed by atoms with van der Waals surface area (Å²) in [4.78, 5) is 17.7. The summed E-state index contributed by atoms with van der Waals surface area (Å²) in [6.07, 6.45) is 12.0. The van der Waals surface area contributed by atoms with Crippen molar-refractivity contribution in [3.63, 3.8) is 0 Å². The summed E-state index contributed by atoms with van der Waals surface area (Å²) in [5.41, 5.74) is 1.52. The van der Waals surface area contributed by atoms with Gasteiger partial charge >= 0.3 is 239 Å². The number of anilines is 1. The van der Waals surface area contributed by atoms with E-state index in [1.165, 1.54) is 24.2 Å². The predicted octanol–water partition coefficient (Wildman–Crippen LogP) is 6.14. The van der Waals surface area contributed by atoms with Crippen molar-refractivity contribution in [3.05, 3.63) is 40.3 Å². The molecule has 2 aliphatic rings. The van der Waals surface area contributed by atoms with Crippen molar-refractivity contribution >= 4 is 36.1 Å². The van der Waals surface area contributed by atoms with E-state index in [1.54, 1.807) is 12.4 Å². The van der Waals surface area contributed by atoms with Crippen molar-refractivity contribution in [2.45, 2.75) is 91.2 Å². The van der Waals surface area contributed by atoms with Gasteiger partial charge in [-0.2, -0.15) is 0 Å². The van der Waals surface area contributed by atoms with Crippen LogP contribution in [-0.2, 0) is 0 Å². The topological polar surface area (TPSA) is 65.9 Å². The molecule has 0 bridgehead atoms. The second kappa shape index (κ2) is 12.7. The standard InChI is InChI=1S/C31H42BN3O3S/c1-21-8-10-22(11-9-21)29(32)35(27-19-26(16-17-31(2,3)4)39-28(27)30(36)37)34(5)23-12-14-24(15-13-23)38-25-7-6-18-33-20-25/h6-7,18-24,32H,8-15H2,1-5H3,(H,36,37)/t21?,22?,23-,24-. The van der Waals surface area contributed by atoms with Crippen molar-refractivity contribution in [3.8, 4) is 17.6 Å². The molecule has 0 saturated heterocycles. The Labute approximate surface area is 238 Å². The SMILES string of the molecule is B=C(C1CCC(C)CC1)N(c1cc(C#CC(C)(C)C)sc1C(=O)O)N(C)[C@H]1CC[C@H](Oc2cccnc2)CC1. The first-order chi connectivity index (χ1) is 18.5.